The zero-order chi connectivity index (χ0) is 59.2. The summed E-state index contributed by atoms with van der Waals surface area (Å²) >= 11 is 0. The number of hydrogen-bond donors (Lipinski definition) is 0. The molecule has 0 amide bonds. The molecule has 6 nitrogen and oxygen atoms in total. The summed E-state index contributed by atoms with van der Waals surface area (Å²) in [5, 5.41) is 0. The average molecular weight is 1150 g/mol. The number of carbonyl (C=O) groups excluding carboxylic acids is 3. The fraction of sp³-hybridized carbons (Fsp3) is 0.855. The van der Waals surface area contributed by atoms with Gasteiger partial charge in [-0.05, 0) is 77.0 Å². The minimum Gasteiger partial charge on any atom is -0.462 e. The highest BCUT2D eigenvalue weighted by molar-refractivity contribution is 5.71. The van der Waals surface area contributed by atoms with Gasteiger partial charge in [-0.2, -0.15) is 0 Å². The minimum absolute atomic E-state index is 0.0732. The third-order valence-electron chi connectivity index (χ3n) is 16.6. The molecule has 0 aliphatic heterocycles. The van der Waals surface area contributed by atoms with Crippen molar-refractivity contribution in [3.63, 3.8) is 0 Å². The maximum absolute atomic E-state index is 12.9. The molecule has 0 heterocycles. The van der Waals surface area contributed by atoms with Gasteiger partial charge in [-0.1, -0.05) is 352 Å². The van der Waals surface area contributed by atoms with Crippen molar-refractivity contribution in [1.29, 1.82) is 0 Å². The molecule has 0 aliphatic rings. The van der Waals surface area contributed by atoms with Gasteiger partial charge in [0.05, 0.1) is 0 Å². The van der Waals surface area contributed by atoms with Crippen molar-refractivity contribution >= 4 is 17.9 Å². The van der Waals surface area contributed by atoms with E-state index in [0.29, 0.717) is 19.3 Å². The van der Waals surface area contributed by atoms with Crippen molar-refractivity contribution in [2.75, 3.05) is 13.2 Å². The number of unbranched alkanes of at least 4 members (excludes halogenated alkanes) is 49. The smallest absolute Gasteiger partial charge is 0.306 e. The molecule has 0 N–H and O–H groups in total. The summed E-state index contributed by atoms with van der Waals surface area (Å²) in [4.78, 5) is 38.4. The molecular formula is C76H140O6. The van der Waals surface area contributed by atoms with Crippen LogP contribution >= 0.6 is 0 Å². The lowest BCUT2D eigenvalue weighted by molar-refractivity contribution is -0.167. The van der Waals surface area contributed by atoms with E-state index in [-0.39, 0.29) is 31.1 Å². The monoisotopic (exact) mass is 1150 g/mol. The molecule has 480 valence electrons. The Labute approximate surface area is 511 Å². The molecule has 82 heavy (non-hydrogen) atoms. The fourth-order valence-electron chi connectivity index (χ4n) is 11.1. The number of esters is 3. The molecule has 0 aliphatic carbocycles. The van der Waals surface area contributed by atoms with Gasteiger partial charge < -0.3 is 14.2 Å². The Morgan fingerprint density at radius 3 is 0.756 bits per heavy atom. The Morgan fingerprint density at radius 1 is 0.256 bits per heavy atom. The lowest BCUT2D eigenvalue weighted by Gasteiger charge is -2.18. The van der Waals surface area contributed by atoms with Gasteiger partial charge in [0.15, 0.2) is 6.10 Å². The lowest BCUT2D eigenvalue weighted by atomic mass is 10.0. The Bertz CT molecular complexity index is 1410. The summed E-state index contributed by atoms with van der Waals surface area (Å²) in [6, 6.07) is 0. The van der Waals surface area contributed by atoms with E-state index in [1.54, 1.807) is 0 Å². The van der Waals surface area contributed by atoms with Crippen LogP contribution in [0.15, 0.2) is 48.6 Å². The van der Waals surface area contributed by atoms with Crippen LogP contribution in [0.1, 0.15) is 400 Å². The van der Waals surface area contributed by atoms with Crippen LogP contribution in [0.25, 0.3) is 0 Å². The van der Waals surface area contributed by atoms with E-state index < -0.39 is 6.10 Å². The predicted molar refractivity (Wildman–Crippen MR) is 358 cm³/mol. The van der Waals surface area contributed by atoms with Gasteiger partial charge in [-0.25, -0.2) is 0 Å². The second kappa shape index (κ2) is 70.9. The predicted octanol–water partition coefficient (Wildman–Crippen LogP) is 25.3. The summed E-state index contributed by atoms with van der Waals surface area (Å²) in [6.45, 7) is 6.58. The topological polar surface area (TPSA) is 78.9 Å². The van der Waals surface area contributed by atoms with Crippen LogP contribution in [0.5, 0.6) is 0 Å². The maximum Gasteiger partial charge on any atom is 0.306 e. The molecule has 0 radical (unpaired) electrons. The maximum atomic E-state index is 12.9. The highest BCUT2D eigenvalue weighted by atomic mass is 16.6. The van der Waals surface area contributed by atoms with E-state index in [9.17, 15) is 14.4 Å². The quantitative estimate of drug-likeness (QED) is 0.0261. The van der Waals surface area contributed by atoms with Crippen LogP contribution < -0.4 is 0 Å². The third-order valence-corrected chi connectivity index (χ3v) is 16.6. The van der Waals surface area contributed by atoms with Crippen LogP contribution in [0.4, 0.5) is 0 Å². The van der Waals surface area contributed by atoms with Crippen LogP contribution in [0.3, 0.4) is 0 Å². The van der Waals surface area contributed by atoms with Crippen LogP contribution in [-0.4, -0.2) is 37.2 Å². The molecule has 0 aromatic carbocycles. The number of hydrogen-bond acceptors (Lipinski definition) is 6. The van der Waals surface area contributed by atoms with E-state index in [4.69, 9.17) is 14.2 Å². The first-order valence-electron chi connectivity index (χ1n) is 36.6. The highest BCUT2D eigenvalue weighted by Gasteiger charge is 2.19. The molecule has 0 saturated heterocycles. The molecule has 6 heteroatoms. The molecule has 0 aromatic heterocycles. The first kappa shape index (κ1) is 79.4. The van der Waals surface area contributed by atoms with Gasteiger partial charge in [0.1, 0.15) is 13.2 Å². The number of ether oxygens (including phenoxy) is 3. The Kier molecular flexibility index (Phi) is 68.6. The second-order valence-electron chi connectivity index (χ2n) is 24.8. The second-order valence-corrected chi connectivity index (χ2v) is 24.8. The molecule has 0 bridgehead atoms. The van der Waals surface area contributed by atoms with Crippen molar-refractivity contribution in [1.82, 2.24) is 0 Å². The number of carbonyl (C=O) groups is 3. The Balaban J connectivity index is 4.13. The van der Waals surface area contributed by atoms with E-state index in [1.807, 2.05) is 0 Å². The van der Waals surface area contributed by atoms with Gasteiger partial charge in [-0.3, -0.25) is 14.4 Å². The average Bonchev–Trinajstić information content (AvgIpc) is 3.47. The molecule has 0 spiro atoms. The summed E-state index contributed by atoms with van der Waals surface area (Å²) in [6.07, 6.45) is 90.2. The van der Waals surface area contributed by atoms with Crippen molar-refractivity contribution in [2.24, 2.45) is 0 Å². The molecule has 0 aromatic rings. The van der Waals surface area contributed by atoms with Crippen molar-refractivity contribution < 1.29 is 28.6 Å². The fourth-order valence-corrected chi connectivity index (χ4v) is 11.1. The standard InChI is InChI=1S/C76H140O6/c1-4-7-10-13-16-19-22-25-28-30-31-32-33-34-35-36-37-38-39-40-41-42-43-44-45-46-49-51-54-57-60-63-66-69-75(78)81-72-73(71-80-74(77)68-65-62-59-56-53-50-47-27-24-21-18-15-12-9-6-3)82-76(79)70-67-64-61-58-55-52-48-29-26-23-20-17-14-11-8-5-2/h9,12,18,21,27,30-31,47,73H,4-8,10-11,13-17,19-20,22-26,28-29,32-46,48-72H2,1-3H3/b12-9-,21-18-,31-30-,47-27-. The van der Waals surface area contributed by atoms with E-state index in [0.717, 1.165) is 96.3 Å². The molecule has 0 saturated carbocycles. The van der Waals surface area contributed by atoms with Crippen molar-refractivity contribution in [2.45, 2.75) is 406 Å². The summed E-state index contributed by atoms with van der Waals surface area (Å²) in [5.41, 5.74) is 0. The van der Waals surface area contributed by atoms with Crippen LogP contribution in [-0.2, 0) is 28.6 Å². The SMILES string of the molecule is CC/C=C\C/C=C\C/C=C\CCCCCCCC(=O)OCC(COC(=O)CCCCCCCCCCCCCCCCCCCCCCC/C=C\CCCCCCCCCC)OC(=O)CCCCCCCCCCCCCCCCCC. The zero-order valence-electron chi connectivity index (χ0n) is 55.3. The molecular weight excluding hydrogens is 1010 g/mol. The van der Waals surface area contributed by atoms with Crippen molar-refractivity contribution in [3.05, 3.63) is 48.6 Å². The largest absolute Gasteiger partial charge is 0.462 e. The van der Waals surface area contributed by atoms with Gasteiger partial charge >= 0.3 is 17.9 Å². The Morgan fingerprint density at radius 2 is 0.476 bits per heavy atom. The summed E-state index contributed by atoms with van der Waals surface area (Å²) < 4.78 is 17.0. The zero-order valence-corrected chi connectivity index (χ0v) is 55.3. The van der Waals surface area contributed by atoms with Gasteiger partial charge in [0, 0.05) is 19.3 Å². The summed E-state index contributed by atoms with van der Waals surface area (Å²) in [7, 11) is 0. The van der Waals surface area contributed by atoms with Crippen molar-refractivity contribution in [3.8, 4) is 0 Å². The normalized spacial score (nSPS) is 12.3. The minimum atomic E-state index is -0.778. The molecule has 1 unspecified atom stereocenters. The highest BCUT2D eigenvalue weighted by Crippen LogP contribution is 2.19. The first-order valence-corrected chi connectivity index (χ1v) is 36.6. The lowest BCUT2D eigenvalue weighted by Crippen LogP contribution is -2.30. The third kappa shape index (κ3) is 68.2. The first-order chi connectivity index (χ1) is 40.5. The van der Waals surface area contributed by atoms with Crippen LogP contribution in [0.2, 0.25) is 0 Å². The van der Waals surface area contributed by atoms with Crippen LogP contribution in [0, 0.1) is 0 Å². The number of rotatable bonds is 68. The Hall–Kier alpha value is -2.63. The summed E-state index contributed by atoms with van der Waals surface area (Å²) in [5.74, 6) is -0.863. The number of allylic oxidation sites excluding steroid dienone is 8. The van der Waals surface area contributed by atoms with E-state index in [2.05, 4.69) is 69.4 Å². The molecule has 0 fully saturated rings. The van der Waals surface area contributed by atoms with Gasteiger partial charge in [-0.15, -0.1) is 0 Å². The molecule has 1 atom stereocenters. The van der Waals surface area contributed by atoms with E-state index in [1.165, 1.54) is 263 Å². The van der Waals surface area contributed by atoms with Gasteiger partial charge in [0.2, 0.25) is 0 Å². The van der Waals surface area contributed by atoms with E-state index >= 15 is 0 Å². The van der Waals surface area contributed by atoms with Gasteiger partial charge in [0.25, 0.3) is 0 Å². The molecule has 0 rings (SSSR count).